The van der Waals surface area contributed by atoms with Crippen LogP contribution in [-0.4, -0.2) is 5.91 Å². The van der Waals surface area contributed by atoms with Crippen molar-refractivity contribution >= 4 is 21.8 Å². The zero-order valence-corrected chi connectivity index (χ0v) is 13.0. The van der Waals surface area contributed by atoms with Crippen molar-refractivity contribution in [3.05, 3.63) is 69.7 Å². The van der Waals surface area contributed by atoms with Gasteiger partial charge in [-0.05, 0) is 30.7 Å². The van der Waals surface area contributed by atoms with Crippen molar-refractivity contribution in [3.63, 3.8) is 0 Å². The number of carbonyl (C=O) groups is 1. The highest BCUT2D eigenvalue weighted by atomic mass is 79.9. The first kappa shape index (κ1) is 15.6. The first-order valence-electron chi connectivity index (χ1n) is 6.45. The molecule has 0 aromatic heterocycles. The summed E-state index contributed by atoms with van der Waals surface area (Å²) < 4.78 is 27.5. The zero-order valence-electron chi connectivity index (χ0n) is 11.4. The van der Waals surface area contributed by atoms with E-state index in [0.717, 1.165) is 16.1 Å². The summed E-state index contributed by atoms with van der Waals surface area (Å²) in [5, 5.41) is 2.77. The number of carbonyl (C=O) groups excluding carboxylic acids is 1. The van der Waals surface area contributed by atoms with Gasteiger partial charge in [0.2, 0.25) is 5.91 Å². The molecule has 0 heterocycles. The third kappa shape index (κ3) is 4.11. The number of amides is 1. The van der Waals surface area contributed by atoms with Crippen molar-refractivity contribution in [3.8, 4) is 0 Å². The van der Waals surface area contributed by atoms with Crippen molar-refractivity contribution in [1.29, 1.82) is 0 Å². The fraction of sp³-hybridized carbons (Fsp3) is 0.188. The van der Waals surface area contributed by atoms with Gasteiger partial charge in [-0.15, -0.1) is 0 Å². The first-order valence-corrected chi connectivity index (χ1v) is 7.24. The summed E-state index contributed by atoms with van der Waals surface area (Å²) in [6, 6.07) is 11.1. The van der Waals surface area contributed by atoms with E-state index in [1.807, 2.05) is 31.2 Å². The molecule has 0 saturated heterocycles. The fourth-order valence-corrected chi connectivity index (χ4v) is 2.25. The van der Waals surface area contributed by atoms with Crippen molar-refractivity contribution in [1.82, 2.24) is 5.32 Å². The van der Waals surface area contributed by atoms with E-state index in [2.05, 4.69) is 21.2 Å². The summed E-state index contributed by atoms with van der Waals surface area (Å²) in [4.78, 5) is 11.9. The lowest BCUT2D eigenvalue weighted by atomic mass is 10.1. The molecule has 0 radical (unpaired) electrons. The largest absolute Gasteiger partial charge is 0.349 e. The molecular weight excluding hydrogens is 340 g/mol. The average Bonchev–Trinajstić information content (AvgIpc) is 2.44. The normalized spacial score (nSPS) is 12.0. The number of rotatable bonds is 4. The molecule has 2 aromatic rings. The molecule has 0 spiro atoms. The SMILES string of the molecule is CC(NC(=O)Cc1cccc(F)c1F)c1ccc(Br)cc1. The Balaban J connectivity index is 2.01. The number of hydrogen-bond donors (Lipinski definition) is 1. The van der Waals surface area contributed by atoms with Crippen LogP contribution in [0.2, 0.25) is 0 Å². The highest BCUT2D eigenvalue weighted by molar-refractivity contribution is 9.10. The van der Waals surface area contributed by atoms with Crippen LogP contribution in [-0.2, 0) is 11.2 Å². The topological polar surface area (TPSA) is 29.1 Å². The van der Waals surface area contributed by atoms with Crippen LogP contribution >= 0.6 is 15.9 Å². The second-order valence-electron chi connectivity index (χ2n) is 4.73. The van der Waals surface area contributed by atoms with Crippen molar-refractivity contribution < 1.29 is 13.6 Å². The molecule has 2 aromatic carbocycles. The third-order valence-electron chi connectivity index (χ3n) is 3.13. The molecule has 1 atom stereocenters. The standard InChI is InChI=1S/C16H14BrF2NO/c1-10(11-5-7-13(17)8-6-11)20-15(21)9-12-3-2-4-14(18)16(12)19/h2-8,10H,9H2,1H3,(H,20,21). The fourth-order valence-electron chi connectivity index (χ4n) is 1.99. The van der Waals surface area contributed by atoms with E-state index in [1.165, 1.54) is 12.1 Å². The molecule has 0 aliphatic carbocycles. The molecule has 21 heavy (non-hydrogen) atoms. The molecule has 0 aliphatic heterocycles. The Bertz CT molecular complexity index is 643. The predicted molar refractivity (Wildman–Crippen MR) is 80.8 cm³/mol. The Hall–Kier alpha value is -1.75. The van der Waals surface area contributed by atoms with Crippen molar-refractivity contribution in [2.75, 3.05) is 0 Å². The second-order valence-corrected chi connectivity index (χ2v) is 5.65. The summed E-state index contributed by atoms with van der Waals surface area (Å²) in [6.45, 7) is 1.84. The molecule has 5 heteroatoms. The van der Waals surface area contributed by atoms with E-state index in [4.69, 9.17) is 0 Å². The quantitative estimate of drug-likeness (QED) is 0.878. The van der Waals surface area contributed by atoms with Crippen LogP contribution in [0.3, 0.4) is 0 Å². The van der Waals surface area contributed by atoms with Gasteiger partial charge >= 0.3 is 0 Å². The Labute approximate surface area is 130 Å². The maximum Gasteiger partial charge on any atom is 0.225 e. The van der Waals surface area contributed by atoms with E-state index in [1.54, 1.807) is 0 Å². The first-order chi connectivity index (χ1) is 9.97. The molecule has 2 rings (SSSR count). The maximum absolute atomic E-state index is 13.5. The second kappa shape index (κ2) is 6.80. The minimum Gasteiger partial charge on any atom is -0.349 e. The predicted octanol–water partition coefficient (Wildman–Crippen LogP) is 4.15. The molecule has 0 bridgehead atoms. The van der Waals surface area contributed by atoms with Crippen molar-refractivity contribution in [2.24, 2.45) is 0 Å². The number of hydrogen-bond acceptors (Lipinski definition) is 1. The van der Waals surface area contributed by atoms with Gasteiger partial charge in [0.15, 0.2) is 11.6 Å². The van der Waals surface area contributed by atoms with Crippen LogP contribution in [0, 0.1) is 11.6 Å². The summed E-state index contributed by atoms with van der Waals surface area (Å²) in [7, 11) is 0. The Morgan fingerprint density at radius 2 is 1.86 bits per heavy atom. The minimum atomic E-state index is -0.969. The van der Waals surface area contributed by atoms with E-state index in [9.17, 15) is 13.6 Å². The zero-order chi connectivity index (χ0) is 15.4. The summed E-state index contributed by atoms with van der Waals surface area (Å²) >= 11 is 3.34. The van der Waals surface area contributed by atoms with Gasteiger partial charge in [-0.25, -0.2) is 8.78 Å². The summed E-state index contributed by atoms with van der Waals surface area (Å²) in [5.74, 6) is -2.26. The molecular formula is C16H14BrF2NO. The molecule has 1 N–H and O–H groups in total. The van der Waals surface area contributed by atoms with Gasteiger partial charge in [0.25, 0.3) is 0 Å². The van der Waals surface area contributed by atoms with E-state index < -0.39 is 11.6 Å². The number of halogens is 3. The average molecular weight is 354 g/mol. The van der Waals surface area contributed by atoms with E-state index in [-0.39, 0.29) is 23.9 Å². The van der Waals surface area contributed by atoms with Crippen LogP contribution in [0.4, 0.5) is 8.78 Å². The van der Waals surface area contributed by atoms with Gasteiger partial charge in [-0.2, -0.15) is 0 Å². The monoisotopic (exact) mass is 353 g/mol. The summed E-state index contributed by atoms with van der Waals surface area (Å²) in [6.07, 6.45) is -0.190. The number of nitrogens with one attached hydrogen (secondary N) is 1. The minimum absolute atomic E-state index is 0.0514. The van der Waals surface area contributed by atoms with Gasteiger partial charge in [0.1, 0.15) is 0 Å². The van der Waals surface area contributed by atoms with Crippen LogP contribution in [0.1, 0.15) is 24.1 Å². The van der Waals surface area contributed by atoms with Crippen LogP contribution in [0.15, 0.2) is 46.9 Å². The Morgan fingerprint density at radius 1 is 1.19 bits per heavy atom. The lowest BCUT2D eigenvalue weighted by Gasteiger charge is -2.14. The summed E-state index contributed by atoms with van der Waals surface area (Å²) in [5.41, 5.74) is 0.988. The van der Waals surface area contributed by atoms with E-state index >= 15 is 0 Å². The molecule has 1 amide bonds. The highest BCUT2D eigenvalue weighted by Gasteiger charge is 2.14. The molecule has 0 aliphatic rings. The van der Waals surface area contributed by atoms with Gasteiger partial charge in [0, 0.05) is 10.0 Å². The molecule has 110 valence electrons. The van der Waals surface area contributed by atoms with Crippen LogP contribution < -0.4 is 5.32 Å². The lowest BCUT2D eigenvalue weighted by Crippen LogP contribution is -2.28. The Kier molecular flexibility index (Phi) is 5.07. The molecule has 0 fully saturated rings. The van der Waals surface area contributed by atoms with Gasteiger partial charge in [0.05, 0.1) is 12.5 Å². The molecule has 1 unspecified atom stereocenters. The smallest absolute Gasteiger partial charge is 0.225 e. The van der Waals surface area contributed by atoms with Crippen molar-refractivity contribution in [2.45, 2.75) is 19.4 Å². The third-order valence-corrected chi connectivity index (χ3v) is 3.66. The maximum atomic E-state index is 13.5. The van der Waals surface area contributed by atoms with Gasteiger partial charge in [-0.1, -0.05) is 40.2 Å². The number of benzene rings is 2. The Morgan fingerprint density at radius 3 is 2.52 bits per heavy atom. The van der Waals surface area contributed by atoms with Gasteiger partial charge < -0.3 is 5.32 Å². The molecule has 0 saturated carbocycles. The molecule has 2 nitrogen and oxygen atoms in total. The lowest BCUT2D eigenvalue weighted by molar-refractivity contribution is -0.121. The van der Waals surface area contributed by atoms with E-state index in [0.29, 0.717) is 0 Å². The van der Waals surface area contributed by atoms with Crippen LogP contribution in [0.25, 0.3) is 0 Å². The van der Waals surface area contributed by atoms with Crippen LogP contribution in [0.5, 0.6) is 0 Å². The van der Waals surface area contributed by atoms with Gasteiger partial charge in [-0.3, -0.25) is 4.79 Å². The highest BCUT2D eigenvalue weighted by Crippen LogP contribution is 2.17.